The zero-order chi connectivity index (χ0) is 19.6. The predicted molar refractivity (Wildman–Crippen MR) is 105 cm³/mol. The summed E-state index contributed by atoms with van der Waals surface area (Å²) < 4.78 is 33.2. The number of hydrogen-bond acceptors (Lipinski definition) is 4. The summed E-state index contributed by atoms with van der Waals surface area (Å²) in [5.74, 6) is -0.214. The Hall–Kier alpha value is -1.80. The van der Waals surface area contributed by atoms with Crippen LogP contribution < -0.4 is 4.72 Å². The first kappa shape index (κ1) is 19.9. The van der Waals surface area contributed by atoms with E-state index >= 15 is 0 Å². The molecule has 6 nitrogen and oxygen atoms in total. The third-order valence-electron chi connectivity index (χ3n) is 4.22. The molecule has 1 amide bonds. The molecule has 144 valence electrons. The van der Waals surface area contributed by atoms with Crippen molar-refractivity contribution in [3.05, 3.63) is 57.6 Å². The van der Waals surface area contributed by atoms with Gasteiger partial charge in [0, 0.05) is 23.7 Å². The topological polar surface area (TPSA) is 75.7 Å². The average Bonchev–Trinajstić information content (AvgIpc) is 2.65. The first-order valence-corrected chi connectivity index (χ1v) is 10.5. The zero-order valence-corrected chi connectivity index (χ0v) is 16.9. The maximum absolute atomic E-state index is 12.8. The zero-order valence-electron chi connectivity index (χ0n) is 14.5. The van der Waals surface area contributed by atoms with Crippen LogP contribution in [0, 0.1) is 6.92 Å². The smallest absolute Gasteiger partial charge is 0.261 e. The molecule has 1 aliphatic rings. The molecule has 1 aliphatic heterocycles. The number of carbonyl (C=O) groups is 1. The van der Waals surface area contributed by atoms with Crippen LogP contribution in [0.25, 0.3) is 0 Å². The molecule has 0 bridgehead atoms. The van der Waals surface area contributed by atoms with Gasteiger partial charge in [0.05, 0.1) is 28.8 Å². The second-order valence-electron chi connectivity index (χ2n) is 6.11. The molecular formula is C18H18Cl2N2O4S. The number of carbonyl (C=O) groups excluding carboxylic acids is 1. The number of halogens is 2. The fourth-order valence-corrected chi connectivity index (χ4v) is 4.20. The molecule has 1 heterocycles. The number of sulfonamides is 1. The molecule has 1 saturated heterocycles. The molecule has 3 rings (SSSR count). The first-order valence-electron chi connectivity index (χ1n) is 8.23. The van der Waals surface area contributed by atoms with Gasteiger partial charge >= 0.3 is 0 Å². The van der Waals surface area contributed by atoms with Gasteiger partial charge in [0.1, 0.15) is 0 Å². The Morgan fingerprint density at radius 1 is 1.11 bits per heavy atom. The Bertz CT molecular complexity index is 973. The van der Waals surface area contributed by atoms with E-state index in [0.29, 0.717) is 42.5 Å². The lowest BCUT2D eigenvalue weighted by atomic mass is 10.1. The Morgan fingerprint density at radius 2 is 1.81 bits per heavy atom. The summed E-state index contributed by atoms with van der Waals surface area (Å²) in [4.78, 5) is 14.4. The van der Waals surface area contributed by atoms with Gasteiger partial charge in [-0.2, -0.15) is 0 Å². The van der Waals surface area contributed by atoms with Crippen LogP contribution in [0.1, 0.15) is 15.9 Å². The van der Waals surface area contributed by atoms with Crippen LogP contribution in [-0.4, -0.2) is 45.5 Å². The van der Waals surface area contributed by atoms with Crippen LogP contribution in [0.4, 0.5) is 5.69 Å². The van der Waals surface area contributed by atoms with E-state index in [1.807, 2.05) is 0 Å². The van der Waals surface area contributed by atoms with E-state index in [4.69, 9.17) is 27.9 Å². The van der Waals surface area contributed by atoms with E-state index in [2.05, 4.69) is 4.72 Å². The number of hydrogen-bond donors (Lipinski definition) is 1. The van der Waals surface area contributed by atoms with Crippen LogP contribution >= 0.6 is 23.2 Å². The van der Waals surface area contributed by atoms with Crippen LogP contribution in [0.15, 0.2) is 41.3 Å². The summed E-state index contributed by atoms with van der Waals surface area (Å²) in [5.41, 5.74) is 1.22. The van der Waals surface area contributed by atoms with Gasteiger partial charge < -0.3 is 9.64 Å². The van der Waals surface area contributed by atoms with E-state index in [-0.39, 0.29) is 21.5 Å². The van der Waals surface area contributed by atoms with E-state index in [9.17, 15) is 13.2 Å². The maximum atomic E-state index is 12.8. The van der Waals surface area contributed by atoms with Crippen molar-refractivity contribution < 1.29 is 17.9 Å². The van der Waals surface area contributed by atoms with Gasteiger partial charge in [-0.3, -0.25) is 9.52 Å². The van der Waals surface area contributed by atoms with E-state index < -0.39 is 10.0 Å². The van der Waals surface area contributed by atoms with Gasteiger partial charge in [-0.1, -0.05) is 29.3 Å². The van der Waals surface area contributed by atoms with Gasteiger partial charge in [-0.15, -0.1) is 0 Å². The number of morpholine rings is 1. The summed E-state index contributed by atoms with van der Waals surface area (Å²) >= 11 is 12.0. The summed E-state index contributed by atoms with van der Waals surface area (Å²) in [6.45, 7) is 3.66. The third kappa shape index (κ3) is 4.55. The molecule has 0 atom stereocenters. The minimum absolute atomic E-state index is 0.0271. The van der Waals surface area contributed by atoms with Gasteiger partial charge in [0.25, 0.3) is 15.9 Å². The van der Waals surface area contributed by atoms with Crippen LogP contribution in [-0.2, 0) is 14.8 Å². The van der Waals surface area contributed by atoms with Crippen molar-refractivity contribution in [2.45, 2.75) is 11.8 Å². The Morgan fingerprint density at radius 3 is 2.52 bits per heavy atom. The lowest BCUT2D eigenvalue weighted by Crippen LogP contribution is -2.41. The predicted octanol–water partition coefficient (Wildman–Crippen LogP) is 3.58. The molecule has 1 fully saturated rings. The van der Waals surface area contributed by atoms with Gasteiger partial charge in [0.2, 0.25) is 0 Å². The molecule has 0 spiro atoms. The molecule has 2 aromatic carbocycles. The highest BCUT2D eigenvalue weighted by Gasteiger charge is 2.23. The van der Waals surface area contributed by atoms with Crippen molar-refractivity contribution >= 4 is 44.8 Å². The second-order valence-corrected chi connectivity index (χ2v) is 8.64. The summed E-state index contributed by atoms with van der Waals surface area (Å²) in [5, 5.41) is 0.573. The Labute approximate surface area is 168 Å². The highest BCUT2D eigenvalue weighted by atomic mass is 35.5. The normalized spacial score (nSPS) is 14.9. The molecule has 0 radical (unpaired) electrons. The van der Waals surface area contributed by atoms with Gasteiger partial charge in [0.15, 0.2) is 0 Å². The molecule has 0 unspecified atom stereocenters. The monoisotopic (exact) mass is 428 g/mol. The number of nitrogens with zero attached hydrogens (tertiary/aromatic N) is 1. The van der Waals surface area contributed by atoms with Crippen LogP contribution in [0.3, 0.4) is 0 Å². The number of rotatable bonds is 4. The standard InChI is InChI=1S/C18H18Cl2N2O4S/c1-12-2-4-14(11-15(12)18(23)22-6-8-26-9-7-22)27(24,25)21-17-10-13(19)3-5-16(17)20/h2-5,10-11,21H,6-9H2,1H3. The fraction of sp³-hybridized carbons (Fsp3) is 0.278. The summed E-state index contributed by atoms with van der Waals surface area (Å²) in [6.07, 6.45) is 0. The molecule has 0 aromatic heterocycles. The van der Waals surface area contributed by atoms with Gasteiger partial charge in [-0.05, 0) is 42.8 Å². The molecular weight excluding hydrogens is 411 g/mol. The van der Waals surface area contributed by atoms with Crippen LogP contribution in [0.2, 0.25) is 10.0 Å². The Kier molecular flexibility index (Phi) is 5.95. The number of anilines is 1. The fourth-order valence-electron chi connectivity index (χ4n) is 2.71. The minimum Gasteiger partial charge on any atom is -0.378 e. The summed E-state index contributed by atoms with van der Waals surface area (Å²) in [6, 6.07) is 8.94. The number of amides is 1. The second kappa shape index (κ2) is 8.06. The lowest BCUT2D eigenvalue weighted by molar-refractivity contribution is 0.0302. The quantitative estimate of drug-likeness (QED) is 0.807. The van der Waals surface area contributed by atoms with Crippen molar-refractivity contribution in [3.63, 3.8) is 0 Å². The van der Waals surface area contributed by atoms with E-state index in [1.54, 1.807) is 24.0 Å². The number of nitrogens with one attached hydrogen (secondary N) is 1. The maximum Gasteiger partial charge on any atom is 0.261 e. The van der Waals surface area contributed by atoms with E-state index in [0.717, 1.165) is 0 Å². The van der Waals surface area contributed by atoms with Crippen molar-refractivity contribution in [2.75, 3.05) is 31.0 Å². The molecule has 0 aliphatic carbocycles. The first-order chi connectivity index (χ1) is 12.8. The van der Waals surface area contributed by atoms with Crippen molar-refractivity contribution in [2.24, 2.45) is 0 Å². The highest BCUT2D eigenvalue weighted by molar-refractivity contribution is 7.92. The number of ether oxygens (including phenoxy) is 1. The number of aryl methyl sites for hydroxylation is 1. The Balaban J connectivity index is 1.92. The lowest BCUT2D eigenvalue weighted by Gasteiger charge is -2.27. The van der Waals surface area contributed by atoms with E-state index in [1.165, 1.54) is 24.3 Å². The molecule has 2 aromatic rings. The minimum atomic E-state index is -3.94. The summed E-state index contributed by atoms with van der Waals surface area (Å²) in [7, 11) is -3.94. The highest BCUT2D eigenvalue weighted by Crippen LogP contribution is 2.28. The molecule has 9 heteroatoms. The van der Waals surface area contributed by atoms with Crippen molar-refractivity contribution in [3.8, 4) is 0 Å². The molecule has 1 N–H and O–H groups in total. The third-order valence-corrected chi connectivity index (χ3v) is 6.15. The molecule has 0 saturated carbocycles. The van der Waals surface area contributed by atoms with Crippen LogP contribution in [0.5, 0.6) is 0 Å². The average molecular weight is 429 g/mol. The number of benzene rings is 2. The largest absolute Gasteiger partial charge is 0.378 e. The van der Waals surface area contributed by atoms with Crippen molar-refractivity contribution in [1.82, 2.24) is 4.90 Å². The molecule has 27 heavy (non-hydrogen) atoms. The SMILES string of the molecule is Cc1ccc(S(=O)(=O)Nc2cc(Cl)ccc2Cl)cc1C(=O)N1CCOCC1. The van der Waals surface area contributed by atoms with Gasteiger partial charge in [-0.25, -0.2) is 8.42 Å². The van der Waals surface area contributed by atoms with Crippen molar-refractivity contribution in [1.29, 1.82) is 0 Å².